The number of hydrogen-bond donors (Lipinski definition) is 0. The van der Waals surface area contributed by atoms with Gasteiger partial charge in [0.15, 0.2) is 7.28 Å². The quantitative estimate of drug-likeness (QED) is 0.535. The predicted octanol–water partition coefficient (Wildman–Crippen LogP) is 2.85. The van der Waals surface area contributed by atoms with E-state index in [4.69, 9.17) is 0 Å². The average molecular weight is 145 g/mol. The molecule has 0 aromatic rings. The van der Waals surface area contributed by atoms with Crippen LogP contribution in [0.2, 0.25) is 0 Å². The lowest BCUT2D eigenvalue weighted by Gasteiger charge is -1.98. The van der Waals surface area contributed by atoms with Gasteiger partial charge in [0.2, 0.25) is 0 Å². The maximum Gasteiger partial charge on any atom is 0.172 e. The zero-order chi connectivity index (χ0) is 8.10. The van der Waals surface area contributed by atoms with E-state index in [1.165, 1.54) is 24.0 Å². The molecule has 0 amide bonds. The summed E-state index contributed by atoms with van der Waals surface area (Å²) in [7, 11) is 2.08. The first-order chi connectivity index (χ1) is 5.34. The smallest absolute Gasteiger partial charge is 0.117 e. The van der Waals surface area contributed by atoms with Crippen LogP contribution in [0.15, 0.2) is 35.2 Å². The fourth-order valence-electron chi connectivity index (χ4n) is 1.12. The van der Waals surface area contributed by atoms with Gasteiger partial charge in [-0.15, -0.1) is 12.0 Å². The molecule has 1 aliphatic rings. The Bertz CT molecular complexity index is 209. The molecule has 1 rings (SSSR count). The third-order valence-corrected chi connectivity index (χ3v) is 1.86. The zero-order valence-electron chi connectivity index (χ0n) is 7.30. The monoisotopic (exact) mass is 145 g/mol. The van der Waals surface area contributed by atoms with Crippen molar-refractivity contribution in [2.45, 2.75) is 26.7 Å². The molecule has 1 heterocycles. The van der Waals surface area contributed by atoms with Gasteiger partial charge >= 0.3 is 0 Å². The summed E-state index contributed by atoms with van der Waals surface area (Å²) in [4.78, 5) is 0. The summed E-state index contributed by atoms with van der Waals surface area (Å²) in [6.07, 6.45) is 6.88. The van der Waals surface area contributed by atoms with Gasteiger partial charge in [0.1, 0.15) is 0 Å². The summed E-state index contributed by atoms with van der Waals surface area (Å²) in [6.45, 7) is 4.37. The van der Waals surface area contributed by atoms with Crippen molar-refractivity contribution in [2.75, 3.05) is 0 Å². The second kappa shape index (κ2) is 4.22. The van der Waals surface area contributed by atoms with Crippen LogP contribution in [0.5, 0.6) is 0 Å². The molecule has 0 bridgehead atoms. The molecule has 0 saturated carbocycles. The molecule has 0 unspecified atom stereocenters. The Kier molecular flexibility index (Phi) is 3.22. The van der Waals surface area contributed by atoms with Crippen molar-refractivity contribution in [3.8, 4) is 0 Å². The highest BCUT2D eigenvalue weighted by molar-refractivity contribution is 6.50. The van der Waals surface area contributed by atoms with Gasteiger partial charge in [-0.25, -0.2) is 0 Å². The van der Waals surface area contributed by atoms with E-state index in [2.05, 4.69) is 45.2 Å². The molecule has 0 aromatic carbocycles. The van der Waals surface area contributed by atoms with Crippen molar-refractivity contribution in [2.24, 2.45) is 0 Å². The van der Waals surface area contributed by atoms with Gasteiger partial charge in [0.25, 0.3) is 0 Å². The van der Waals surface area contributed by atoms with Gasteiger partial charge in [0, 0.05) is 0 Å². The largest absolute Gasteiger partial charge is 0.172 e. The first kappa shape index (κ1) is 8.38. The second-order valence-electron chi connectivity index (χ2n) is 2.85. The van der Waals surface area contributed by atoms with E-state index in [0.717, 1.165) is 0 Å². The number of unbranched alkanes of at least 4 members (excludes halogenated alkanes) is 1. The first-order valence-corrected chi connectivity index (χ1v) is 4.23. The number of hydrogen-bond acceptors (Lipinski definition) is 0. The molecule has 0 aromatic heterocycles. The van der Waals surface area contributed by atoms with Crippen molar-refractivity contribution >= 4 is 7.28 Å². The van der Waals surface area contributed by atoms with E-state index < -0.39 is 0 Å². The fourth-order valence-corrected chi connectivity index (χ4v) is 1.12. The van der Waals surface area contributed by atoms with Crippen LogP contribution in [0.3, 0.4) is 0 Å². The van der Waals surface area contributed by atoms with Crippen molar-refractivity contribution in [3.05, 3.63) is 35.2 Å². The Morgan fingerprint density at radius 2 is 2.45 bits per heavy atom. The predicted molar refractivity (Wildman–Crippen MR) is 51.6 cm³/mol. The lowest BCUT2D eigenvalue weighted by Crippen LogP contribution is -1.79. The Balaban J connectivity index is 2.52. The van der Waals surface area contributed by atoms with Crippen molar-refractivity contribution in [1.29, 1.82) is 0 Å². The molecule has 1 radical (unpaired) electrons. The molecule has 57 valence electrons. The van der Waals surface area contributed by atoms with Gasteiger partial charge < -0.3 is 0 Å². The van der Waals surface area contributed by atoms with E-state index in [0.29, 0.717) is 0 Å². The van der Waals surface area contributed by atoms with Gasteiger partial charge in [-0.3, -0.25) is 0 Å². The molecule has 11 heavy (non-hydrogen) atoms. The summed E-state index contributed by atoms with van der Waals surface area (Å²) in [5.41, 5.74) is 2.76. The lowest BCUT2D eigenvalue weighted by atomic mass is 9.82. The molecule has 0 nitrogen and oxygen atoms in total. The summed E-state index contributed by atoms with van der Waals surface area (Å²) >= 11 is 0. The van der Waals surface area contributed by atoms with Crippen LogP contribution in [0.1, 0.15) is 26.7 Å². The summed E-state index contributed by atoms with van der Waals surface area (Å²) < 4.78 is 0. The fraction of sp³-hybridized carbons (Fsp3) is 0.400. The highest BCUT2D eigenvalue weighted by atomic mass is 14.0. The van der Waals surface area contributed by atoms with Gasteiger partial charge in [-0.2, -0.15) is 0 Å². The summed E-state index contributed by atoms with van der Waals surface area (Å²) in [6, 6.07) is 0. The van der Waals surface area contributed by atoms with E-state index in [1.54, 1.807) is 0 Å². The van der Waals surface area contributed by atoms with E-state index >= 15 is 0 Å². The topological polar surface area (TPSA) is 0 Å². The van der Waals surface area contributed by atoms with Crippen LogP contribution in [0.25, 0.3) is 0 Å². The highest BCUT2D eigenvalue weighted by Gasteiger charge is 1.98. The zero-order valence-corrected chi connectivity index (χ0v) is 7.30. The van der Waals surface area contributed by atoms with Crippen molar-refractivity contribution < 1.29 is 0 Å². The molecule has 1 heteroatoms. The van der Waals surface area contributed by atoms with E-state index in [-0.39, 0.29) is 0 Å². The minimum absolute atomic E-state index is 1.19. The van der Waals surface area contributed by atoms with Crippen LogP contribution in [-0.2, 0) is 0 Å². The van der Waals surface area contributed by atoms with Crippen LogP contribution in [-0.4, -0.2) is 7.28 Å². The van der Waals surface area contributed by atoms with Gasteiger partial charge in [0.05, 0.1) is 0 Å². The average Bonchev–Trinajstić information content (AvgIpc) is 2.52. The van der Waals surface area contributed by atoms with E-state index in [9.17, 15) is 0 Å². The third-order valence-electron chi connectivity index (χ3n) is 1.86. The molecular formula is C10H14B. The molecule has 0 fully saturated rings. The standard InChI is InChI=1S/C10H14B/c1-3-4-5-9(2)10-6-7-11-8-10/h5-8H,3-4H2,1-2H3/b9-5+. The highest BCUT2D eigenvalue weighted by Crippen LogP contribution is 2.14. The minimum Gasteiger partial charge on any atom is -0.117 e. The Morgan fingerprint density at radius 1 is 1.64 bits per heavy atom. The van der Waals surface area contributed by atoms with Crippen LogP contribution in [0.4, 0.5) is 0 Å². The van der Waals surface area contributed by atoms with Crippen molar-refractivity contribution in [1.82, 2.24) is 0 Å². The second-order valence-corrected chi connectivity index (χ2v) is 2.85. The van der Waals surface area contributed by atoms with Crippen LogP contribution in [0, 0.1) is 0 Å². The minimum atomic E-state index is 1.19. The molecule has 0 atom stereocenters. The molecule has 0 saturated heterocycles. The Labute approximate surface area is 69.9 Å². The maximum absolute atomic E-state index is 2.30. The first-order valence-electron chi connectivity index (χ1n) is 4.23. The number of allylic oxidation sites excluding steroid dienone is 4. The molecule has 0 N–H and O–H groups in total. The molecular weight excluding hydrogens is 131 g/mol. The van der Waals surface area contributed by atoms with Crippen LogP contribution >= 0.6 is 0 Å². The number of rotatable bonds is 3. The van der Waals surface area contributed by atoms with E-state index in [1.807, 2.05) is 0 Å². The van der Waals surface area contributed by atoms with Gasteiger partial charge in [-0.05, 0) is 24.5 Å². The van der Waals surface area contributed by atoms with Crippen molar-refractivity contribution in [3.63, 3.8) is 0 Å². The normalized spacial score (nSPS) is 16.5. The Hall–Kier alpha value is -0.715. The lowest BCUT2D eigenvalue weighted by molar-refractivity contribution is 0.951. The third kappa shape index (κ3) is 2.41. The maximum atomic E-state index is 2.30. The summed E-state index contributed by atoms with van der Waals surface area (Å²) in [5, 5.41) is 0. The molecule has 0 spiro atoms. The SMILES string of the molecule is CCC/C=C(\C)C1=C[B]C=C1. The van der Waals surface area contributed by atoms with Gasteiger partial charge in [-0.1, -0.05) is 25.5 Å². The van der Waals surface area contributed by atoms with Crippen LogP contribution < -0.4 is 0 Å². The molecule has 0 aliphatic carbocycles. The Morgan fingerprint density at radius 3 is 3.00 bits per heavy atom. The molecule has 1 aliphatic heterocycles. The summed E-state index contributed by atoms with van der Waals surface area (Å²) in [5.74, 6) is 4.24.